The molecule has 0 bridgehead atoms. The number of hydrogen-bond acceptors (Lipinski definition) is 5. The van der Waals surface area contributed by atoms with Gasteiger partial charge in [-0.15, -0.1) is 0 Å². The van der Waals surface area contributed by atoms with Crippen molar-refractivity contribution in [2.45, 2.75) is 13.0 Å². The fourth-order valence-corrected chi connectivity index (χ4v) is 3.99. The predicted octanol–water partition coefficient (Wildman–Crippen LogP) is 2.78. The summed E-state index contributed by atoms with van der Waals surface area (Å²) >= 11 is 1.37. The minimum absolute atomic E-state index is 0.166. The van der Waals surface area contributed by atoms with Crippen LogP contribution in [0, 0.1) is 0 Å². The van der Waals surface area contributed by atoms with Gasteiger partial charge < -0.3 is 19.4 Å². The first-order valence-corrected chi connectivity index (χ1v) is 9.96. The van der Waals surface area contributed by atoms with E-state index in [1.165, 1.54) is 11.3 Å². The average molecular weight is 413 g/mol. The van der Waals surface area contributed by atoms with E-state index in [1.54, 1.807) is 50.0 Å². The van der Waals surface area contributed by atoms with Crippen molar-refractivity contribution in [1.82, 2.24) is 9.88 Å². The lowest BCUT2D eigenvalue weighted by atomic mass is 10.2. The molecule has 1 heterocycles. The van der Waals surface area contributed by atoms with Gasteiger partial charge in [0, 0.05) is 19.2 Å². The SMILES string of the molecule is COCCNC(=O)C(C)n1c(=NC(=O)c2cccc(OC)c2)sc2ccccc21. The minimum Gasteiger partial charge on any atom is -0.497 e. The molecule has 1 N–H and O–H groups in total. The Morgan fingerprint density at radius 2 is 1.97 bits per heavy atom. The zero-order chi connectivity index (χ0) is 20.8. The van der Waals surface area contributed by atoms with Gasteiger partial charge in [-0.2, -0.15) is 4.99 Å². The molecule has 2 amide bonds. The third kappa shape index (κ3) is 4.72. The van der Waals surface area contributed by atoms with Gasteiger partial charge in [0.2, 0.25) is 5.91 Å². The first kappa shape index (κ1) is 20.8. The summed E-state index contributed by atoms with van der Waals surface area (Å²) in [6.07, 6.45) is 0. The topological polar surface area (TPSA) is 81.9 Å². The first-order chi connectivity index (χ1) is 14.0. The van der Waals surface area contributed by atoms with Gasteiger partial charge in [-0.3, -0.25) is 9.59 Å². The van der Waals surface area contributed by atoms with Crippen molar-refractivity contribution in [3.05, 3.63) is 58.9 Å². The molecule has 3 rings (SSSR count). The van der Waals surface area contributed by atoms with Crippen molar-refractivity contribution in [3.8, 4) is 5.75 Å². The lowest BCUT2D eigenvalue weighted by Gasteiger charge is -2.15. The van der Waals surface area contributed by atoms with Gasteiger partial charge in [-0.05, 0) is 37.3 Å². The summed E-state index contributed by atoms with van der Waals surface area (Å²) in [6.45, 7) is 2.63. The second kappa shape index (κ2) is 9.49. The molecule has 1 unspecified atom stereocenters. The fraction of sp³-hybridized carbons (Fsp3) is 0.286. The van der Waals surface area contributed by atoms with Crippen LogP contribution in [-0.4, -0.2) is 43.8 Å². The van der Waals surface area contributed by atoms with Crippen LogP contribution in [0.1, 0.15) is 23.3 Å². The summed E-state index contributed by atoms with van der Waals surface area (Å²) in [5.41, 5.74) is 1.27. The van der Waals surface area contributed by atoms with Crippen LogP contribution in [-0.2, 0) is 9.53 Å². The number of carbonyl (C=O) groups excluding carboxylic acids is 2. The Hall–Kier alpha value is -2.97. The Kier molecular flexibility index (Phi) is 6.79. The number of fused-ring (bicyclic) bond motifs is 1. The molecule has 0 aliphatic rings. The van der Waals surface area contributed by atoms with Crippen LogP contribution in [0.2, 0.25) is 0 Å². The molecule has 29 heavy (non-hydrogen) atoms. The number of thiazole rings is 1. The number of nitrogens with zero attached hydrogens (tertiary/aromatic N) is 2. The van der Waals surface area contributed by atoms with Crippen molar-refractivity contribution in [3.63, 3.8) is 0 Å². The van der Waals surface area contributed by atoms with Gasteiger partial charge in [0.15, 0.2) is 4.80 Å². The number of ether oxygens (including phenoxy) is 2. The summed E-state index contributed by atoms with van der Waals surface area (Å²) in [7, 11) is 3.13. The molecule has 152 valence electrons. The molecule has 8 heteroatoms. The molecule has 0 aliphatic carbocycles. The van der Waals surface area contributed by atoms with Crippen molar-refractivity contribution in [2.75, 3.05) is 27.4 Å². The predicted molar refractivity (Wildman–Crippen MR) is 112 cm³/mol. The average Bonchev–Trinajstić information content (AvgIpc) is 3.11. The van der Waals surface area contributed by atoms with Crippen LogP contribution < -0.4 is 14.9 Å². The second-order valence-electron chi connectivity index (χ2n) is 6.33. The molecule has 0 aliphatic heterocycles. The van der Waals surface area contributed by atoms with E-state index >= 15 is 0 Å². The Labute approximate surface area is 172 Å². The summed E-state index contributed by atoms with van der Waals surface area (Å²) in [4.78, 5) is 30.2. The van der Waals surface area contributed by atoms with Crippen molar-refractivity contribution in [2.24, 2.45) is 4.99 Å². The number of rotatable bonds is 7. The highest BCUT2D eigenvalue weighted by Gasteiger charge is 2.19. The fourth-order valence-electron chi connectivity index (χ4n) is 2.89. The number of para-hydroxylation sites is 1. The Bertz CT molecular complexity index is 1090. The molecule has 0 saturated carbocycles. The van der Waals surface area contributed by atoms with Gasteiger partial charge in [-0.25, -0.2) is 0 Å². The molecule has 0 saturated heterocycles. The number of methoxy groups -OCH3 is 2. The molecule has 0 radical (unpaired) electrons. The zero-order valence-corrected chi connectivity index (χ0v) is 17.4. The monoisotopic (exact) mass is 413 g/mol. The molecule has 0 spiro atoms. The number of aromatic nitrogens is 1. The quantitative estimate of drug-likeness (QED) is 0.604. The molecule has 1 aromatic heterocycles. The van der Waals surface area contributed by atoms with E-state index in [-0.39, 0.29) is 5.91 Å². The third-order valence-electron chi connectivity index (χ3n) is 4.42. The van der Waals surface area contributed by atoms with Crippen molar-refractivity contribution in [1.29, 1.82) is 0 Å². The van der Waals surface area contributed by atoms with E-state index in [9.17, 15) is 9.59 Å². The van der Waals surface area contributed by atoms with E-state index in [1.807, 2.05) is 24.3 Å². The molecular weight excluding hydrogens is 390 g/mol. The largest absolute Gasteiger partial charge is 0.497 e. The number of hydrogen-bond donors (Lipinski definition) is 1. The van der Waals surface area contributed by atoms with Crippen LogP contribution in [0.4, 0.5) is 0 Å². The number of amides is 2. The van der Waals surface area contributed by atoms with Gasteiger partial charge >= 0.3 is 0 Å². The van der Waals surface area contributed by atoms with E-state index in [0.717, 1.165) is 10.2 Å². The highest BCUT2D eigenvalue weighted by molar-refractivity contribution is 7.16. The van der Waals surface area contributed by atoms with Gasteiger partial charge in [0.05, 0.1) is 23.9 Å². The molecule has 2 aromatic carbocycles. The van der Waals surface area contributed by atoms with E-state index in [4.69, 9.17) is 9.47 Å². The van der Waals surface area contributed by atoms with Gasteiger partial charge in [0.1, 0.15) is 11.8 Å². The summed E-state index contributed by atoms with van der Waals surface area (Å²) in [5, 5.41) is 2.84. The Morgan fingerprint density at radius 3 is 2.72 bits per heavy atom. The van der Waals surface area contributed by atoms with E-state index in [2.05, 4.69) is 10.3 Å². The summed E-state index contributed by atoms with van der Waals surface area (Å²) in [5.74, 6) is 0.0261. The standard InChI is InChI=1S/C21H23N3O4S/c1-14(19(25)22-11-12-27-2)24-17-9-4-5-10-18(17)29-21(24)23-20(26)15-7-6-8-16(13-15)28-3/h4-10,13-14H,11-12H2,1-3H3,(H,22,25). The number of carbonyl (C=O) groups is 2. The maximum absolute atomic E-state index is 12.8. The van der Waals surface area contributed by atoms with Crippen LogP contribution in [0.25, 0.3) is 10.2 Å². The van der Waals surface area contributed by atoms with Crippen LogP contribution in [0.3, 0.4) is 0 Å². The summed E-state index contributed by atoms with van der Waals surface area (Å²) in [6, 6.07) is 14.0. The molecular formula is C21H23N3O4S. The first-order valence-electron chi connectivity index (χ1n) is 9.15. The number of nitrogens with one attached hydrogen (secondary N) is 1. The van der Waals surface area contributed by atoms with Gasteiger partial charge in [-0.1, -0.05) is 29.5 Å². The van der Waals surface area contributed by atoms with Crippen LogP contribution in [0.15, 0.2) is 53.5 Å². The molecule has 1 atom stereocenters. The Balaban J connectivity index is 2.03. The normalized spacial score (nSPS) is 12.7. The van der Waals surface area contributed by atoms with Crippen LogP contribution in [0.5, 0.6) is 5.75 Å². The summed E-state index contributed by atoms with van der Waals surface area (Å²) < 4.78 is 12.9. The van der Waals surface area contributed by atoms with Crippen molar-refractivity contribution < 1.29 is 19.1 Å². The number of benzene rings is 2. The second-order valence-corrected chi connectivity index (χ2v) is 7.34. The van der Waals surface area contributed by atoms with Crippen LogP contribution >= 0.6 is 11.3 Å². The molecule has 3 aromatic rings. The third-order valence-corrected chi connectivity index (χ3v) is 5.45. The van der Waals surface area contributed by atoms with Crippen molar-refractivity contribution >= 4 is 33.4 Å². The molecule has 7 nitrogen and oxygen atoms in total. The maximum Gasteiger partial charge on any atom is 0.279 e. The minimum atomic E-state index is -0.542. The molecule has 0 fully saturated rings. The smallest absolute Gasteiger partial charge is 0.279 e. The maximum atomic E-state index is 12.8. The lowest BCUT2D eigenvalue weighted by molar-refractivity contribution is -0.124. The van der Waals surface area contributed by atoms with Gasteiger partial charge in [0.25, 0.3) is 5.91 Å². The van der Waals surface area contributed by atoms with E-state index < -0.39 is 11.9 Å². The highest BCUT2D eigenvalue weighted by Crippen LogP contribution is 2.21. The zero-order valence-electron chi connectivity index (χ0n) is 16.5. The lowest BCUT2D eigenvalue weighted by Crippen LogP contribution is -2.36. The highest BCUT2D eigenvalue weighted by atomic mass is 32.1. The Morgan fingerprint density at radius 1 is 1.17 bits per heavy atom. The van der Waals surface area contributed by atoms with E-state index in [0.29, 0.717) is 29.3 Å².